The molecule has 1 aromatic carbocycles. The van der Waals surface area contributed by atoms with Crippen molar-refractivity contribution < 1.29 is 12.8 Å². The molecule has 0 bridgehead atoms. The van der Waals surface area contributed by atoms with Crippen molar-refractivity contribution in [2.45, 2.75) is 10.6 Å². The van der Waals surface area contributed by atoms with Gasteiger partial charge in [0.15, 0.2) is 9.84 Å². The Kier molecular flexibility index (Phi) is 3.86. The van der Waals surface area contributed by atoms with E-state index in [1.54, 1.807) is 12.1 Å². The quantitative estimate of drug-likeness (QED) is 0.868. The number of nitrogen functional groups attached to an aromatic ring is 1. The van der Waals surface area contributed by atoms with E-state index >= 15 is 0 Å². The van der Waals surface area contributed by atoms with E-state index in [1.807, 2.05) is 0 Å². The van der Waals surface area contributed by atoms with Gasteiger partial charge in [-0.2, -0.15) is 0 Å². The summed E-state index contributed by atoms with van der Waals surface area (Å²) in [6, 6.07) is 6.54. The van der Waals surface area contributed by atoms with Crippen molar-refractivity contribution in [3.8, 4) is 0 Å². The van der Waals surface area contributed by atoms with Crippen molar-refractivity contribution in [2.24, 2.45) is 0 Å². The highest BCUT2D eigenvalue weighted by atomic mass is 79.9. The Morgan fingerprint density at radius 3 is 2.63 bits per heavy atom. The Bertz CT molecular complexity index is 702. The molecule has 0 fully saturated rings. The maximum Gasteiger partial charge on any atom is 0.186 e. The average molecular weight is 345 g/mol. The standard InChI is InChI=1S/C12H10BrFN2O2S/c13-8-1-3-10(16-6-8)7-19(17,18)12-5-9(14)2-4-11(12)15/h1-6H,7,15H2. The van der Waals surface area contributed by atoms with Crippen LogP contribution in [0.3, 0.4) is 0 Å². The second-order valence-corrected chi connectivity index (χ2v) is 6.78. The van der Waals surface area contributed by atoms with Gasteiger partial charge >= 0.3 is 0 Å². The van der Waals surface area contributed by atoms with Crippen molar-refractivity contribution >= 4 is 31.5 Å². The molecule has 0 amide bonds. The van der Waals surface area contributed by atoms with Gasteiger partial charge in [0.1, 0.15) is 5.82 Å². The monoisotopic (exact) mass is 344 g/mol. The van der Waals surface area contributed by atoms with Crippen LogP contribution in [-0.2, 0) is 15.6 Å². The van der Waals surface area contributed by atoms with Gasteiger partial charge in [0.05, 0.1) is 22.0 Å². The van der Waals surface area contributed by atoms with E-state index in [1.165, 1.54) is 12.3 Å². The lowest BCUT2D eigenvalue weighted by Crippen LogP contribution is -2.09. The molecule has 4 nitrogen and oxygen atoms in total. The van der Waals surface area contributed by atoms with Crippen molar-refractivity contribution in [3.63, 3.8) is 0 Å². The van der Waals surface area contributed by atoms with Crippen molar-refractivity contribution in [1.29, 1.82) is 0 Å². The number of nitrogens with two attached hydrogens (primary N) is 1. The van der Waals surface area contributed by atoms with Gasteiger partial charge in [0, 0.05) is 10.7 Å². The van der Waals surface area contributed by atoms with Gasteiger partial charge in [-0.1, -0.05) is 0 Å². The van der Waals surface area contributed by atoms with Crippen LogP contribution in [-0.4, -0.2) is 13.4 Å². The first-order chi connectivity index (χ1) is 8.88. The van der Waals surface area contributed by atoms with E-state index < -0.39 is 15.7 Å². The molecule has 2 aromatic rings. The van der Waals surface area contributed by atoms with Crippen molar-refractivity contribution in [1.82, 2.24) is 4.98 Å². The summed E-state index contributed by atoms with van der Waals surface area (Å²) in [6.45, 7) is 0. The van der Waals surface area contributed by atoms with Crippen molar-refractivity contribution in [2.75, 3.05) is 5.73 Å². The summed E-state index contributed by atoms with van der Waals surface area (Å²) in [6.07, 6.45) is 1.50. The first-order valence-corrected chi connectivity index (χ1v) is 7.71. The summed E-state index contributed by atoms with van der Waals surface area (Å²) in [5.74, 6) is -0.968. The molecule has 0 radical (unpaired) electrons. The second kappa shape index (κ2) is 5.26. The fourth-order valence-electron chi connectivity index (χ4n) is 1.54. The Hall–Kier alpha value is -1.47. The van der Waals surface area contributed by atoms with Gasteiger partial charge in [-0.3, -0.25) is 4.98 Å². The van der Waals surface area contributed by atoms with Crippen LogP contribution in [0.25, 0.3) is 0 Å². The molecule has 2 N–H and O–H groups in total. The maximum absolute atomic E-state index is 13.1. The first kappa shape index (κ1) is 14.0. The van der Waals surface area contributed by atoms with E-state index in [9.17, 15) is 12.8 Å². The van der Waals surface area contributed by atoms with Crippen LogP contribution in [0.4, 0.5) is 10.1 Å². The van der Waals surface area contributed by atoms with Gasteiger partial charge < -0.3 is 5.73 Å². The predicted molar refractivity (Wildman–Crippen MR) is 73.6 cm³/mol. The molecule has 100 valence electrons. The molecule has 7 heteroatoms. The summed E-state index contributed by atoms with van der Waals surface area (Å²) < 4.78 is 38.2. The molecule has 1 aromatic heterocycles. The number of hydrogen-bond donors (Lipinski definition) is 1. The third-order valence-electron chi connectivity index (χ3n) is 2.44. The lowest BCUT2D eigenvalue weighted by molar-refractivity contribution is 0.590. The molecular formula is C12H10BrFN2O2S. The Balaban J connectivity index is 2.37. The van der Waals surface area contributed by atoms with Crippen LogP contribution in [0.15, 0.2) is 45.9 Å². The Morgan fingerprint density at radius 2 is 2.00 bits per heavy atom. The summed E-state index contributed by atoms with van der Waals surface area (Å²) in [7, 11) is -3.72. The zero-order valence-electron chi connectivity index (χ0n) is 9.68. The van der Waals surface area contributed by atoms with E-state index in [0.717, 1.165) is 16.6 Å². The minimum atomic E-state index is -3.72. The summed E-state index contributed by atoms with van der Waals surface area (Å²) >= 11 is 3.21. The summed E-state index contributed by atoms with van der Waals surface area (Å²) in [5, 5.41) is 0. The fourth-order valence-corrected chi connectivity index (χ4v) is 3.21. The Labute approximate surface area is 118 Å². The molecular weight excluding hydrogens is 335 g/mol. The highest BCUT2D eigenvalue weighted by Crippen LogP contribution is 2.23. The van der Waals surface area contributed by atoms with E-state index in [2.05, 4.69) is 20.9 Å². The average Bonchev–Trinajstić information content (AvgIpc) is 2.35. The van der Waals surface area contributed by atoms with Gasteiger partial charge in [-0.15, -0.1) is 0 Å². The summed E-state index contributed by atoms with van der Waals surface area (Å²) in [4.78, 5) is 3.77. The van der Waals surface area contributed by atoms with Crippen LogP contribution < -0.4 is 5.73 Å². The van der Waals surface area contributed by atoms with E-state index in [-0.39, 0.29) is 16.3 Å². The summed E-state index contributed by atoms with van der Waals surface area (Å²) in [5.41, 5.74) is 5.97. The molecule has 0 aliphatic rings. The number of rotatable bonds is 3. The molecule has 2 rings (SSSR count). The third kappa shape index (κ3) is 3.30. The molecule has 0 atom stereocenters. The number of nitrogens with zero attached hydrogens (tertiary/aromatic N) is 1. The largest absolute Gasteiger partial charge is 0.398 e. The van der Waals surface area contributed by atoms with E-state index in [4.69, 9.17) is 5.73 Å². The maximum atomic E-state index is 13.1. The van der Waals surface area contributed by atoms with Gasteiger partial charge in [-0.05, 0) is 46.3 Å². The van der Waals surface area contributed by atoms with Gasteiger partial charge in [0.25, 0.3) is 0 Å². The van der Waals surface area contributed by atoms with Crippen LogP contribution in [0.5, 0.6) is 0 Å². The zero-order chi connectivity index (χ0) is 14.0. The third-order valence-corrected chi connectivity index (χ3v) is 4.61. The second-order valence-electron chi connectivity index (χ2n) is 3.91. The number of aromatic nitrogens is 1. The zero-order valence-corrected chi connectivity index (χ0v) is 12.1. The lowest BCUT2D eigenvalue weighted by Gasteiger charge is -2.07. The fraction of sp³-hybridized carbons (Fsp3) is 0.0833. The number of anilines is 1. The molecule has 0 aliphatic carbocycles. The highest BCUT2D eigenvalue weighted by molar-refractivity contribution is 9.10. The Morgan fingerprint density at radius 1 is 1.26 bits per heavy atom. The van der Waals surface area contributed by atoms with Gasteiger partial charge in [0.2, 0.25) is 0 Å². The SMILES string of the molecule is Nc1ccc(F)cc1S(=O)(=O)Cc1ccc(Br)cn1. The van der Waals surface area contributed by atoms with Crippen LogP contribution in [0.1, 0.15) is 5.69 Å². The highest BCUT2D eigenvalue weighted by Gasteiger charge is 2.19. The number of sulfone groups is 1. The lowest BCUT2D eigenvalue weighted by atomic mass is 10.3. The number of pyridine rings is 1. The topological polar surface area (TPSA) is 73.1 Å². The minimum absolute atomic E-state index is 0.0264. The normalized spacial score (nSPS) is 11.5. The van der Waals surface area contributed by atoms with E-state index in [0.29, 0.717) is 5.69 Å². The number of hydrogen-bond acceptors (Lipinski definition) is 4. The van der Waals surface area contributed by atoms with Crippen LogP contribution in [0, 0.1) is 5.82 Å². The molecule has 1 heterocycles. The molecule has 0 spiro atoms. The molecule has 0 saturated heterocycles. The smallest absolute Gasteiger partial charge is 0.186 e. The first-order valence-electron chi connectivity index (χ1n) is 5.27. The van der Waals surface area contributed by atoms with Gasteiger partial charge in [-0.25, -0.2) is 12.8 Å². The molecule has 0 saturated carbocycles. The number of halogens is 2. The molecule has 19 heavy (non-hydrogen) atoms. The molecule has 0 unspecified atom stereocenters. The van der Waals surface area contributed by atoms with Crippen LogP contribution in [0.2, 0.25) is 0 Å². The van der Waals surface area contributed by atoms with Crippen molar-refractivity contribution in [3.05, 3.63) is 52.5 Å². The number of benzene rings is 1. The van der Waals surface area contributed by atoms with Crippen LogP contribution >= 0.6 is 15.9 Å². The molecule has 0 aliphatic heterocycles. The minimum Gasteiger partial charge on any atom is -0.398 e. The predicted octanol–water partition coefficient (Wildman–Crippen LogP) is 2.54.